The van der Waals surface area contributed by atoms with Crippen molar-refractivity contribution in [2.75, 3.05) is 0 Å². The van der Waals surface area contributed by atoms with Crippen molar-refractivity contribution in [2.24, 2.45) is 11.8 Å². The first-order valence-electron chi connectivity index (χ1n) is 6.57. The molecule has 0 N–H and O–H groups in total. The van der Waals surface area contributed by atoms with E-state index < -0.39 is 0 Å². The van der Waals surface area contributed by atoms with E-state index in [1.807, 2.05) is 13.8 Å². The molecule has 94 valence electrons. The molecule has 0 aliphatic carbocycles. The average molecular weight is 226 g/mol. The van der Waals surface area contributed by atoms with Gasteiger partial charge in [-0.25, -0.2) is 0 Å². The van der Waals surface area contributed by atoms with Crippen molar-refractivity contribution in [3.8, 4) is 0 Å². The molecule has 0 aliphatic heterocycles. The van der Waals surface area contributed by atoms with Crippen LogP contribution >= 0.6 is 0 Å². The Morgan fingerprint density at radius 1 is 1.25 bits per heavy atom. The van der Waals surface area contributed by atoms with Crippen molar-refractivity contribution in [1.82, 2.24) is 0 Å². The van der Waals surface area contributed by atoms with Crippen LogP contribution in [0.1, 0.15) is 60.8 Å². The molecule has 0 amide bonds. The molecule has 3 atom stereocenters. The van der Waals surface area contributed by atoms with Crippen LogP contribution in [0.3, 0.4) is 0 Å². The van der Waals surface area contributed by atoms with Gasteiger partial charge in [-0.1, -0.05) is 41.0 Å². The third-order valence-corrected chi connectivity index (χ3v) is 4.06. The lowest BCUT2D eigenvalue weighted by Gasteiger charge is -2.35. The fraction of sp³-hybridized carbons (Fsp3) is 0.923. The molecule has 0 radical (unpaired) electrons. The van der Waals surface area contributed by atoms with E-state index in [9.17, 15) is 4.79 Å². The summed E-state index contributed by atoms with van der Waals surface area (Å²) in [6.45, 7) is 12.6. The van der Waals surface area contributed by atoms with Gasteiger partial charge in [-0.3, -0.25) is 0 Å². The normalized spacial score (nSPS) is 18.6. The second kappa shape index (κ2) is 7.11. The van der Waals surface area contributed by atoms with Crippen LogP contribution in [0, 0.1) is 11.8 Å². The standard InChI is InChI=1S/C13H27BO2/c1-7-10(4)12(15)14-16-13(6,9-3)11(5)8-2/h10-11,14H,7-9H2,1-6H3. The summed E-state index contributed by atoms with van der Waals surface area (Å²) in [5, 5.41) is 0. The Morgan fingerprint density at radius 3 is 2.19 bits per heavy atom. The summed E-state index contributed by atoms with van der Waals surface area (Å²) in [4.78, 5) is 11.7. The fourth-order valence-electron chi connectivity index (χ4n) is 1.63. The second-order valence-electron chi connectivity index (χ2n) is 5.04. The highest BCUT2D eigenvalue weighted by Gasteiger charge is 2.30. The van der Waals surface area contributed by atoms with E-state index >= 15 is 0 Å². The Morgan fingerprint density at radius 2 is 1.81 bits per heavy atom. The zero-order valence-electron chi connectivity index (χ0n) is 11.8. The minimum absolute atomic E-state index is 0.123. The lowest BCUT2D eigenvalue weighted by atomic mass is 9.79. The predicted molar refractivity (Wildman–Crippen MR) is 70.8 cm³/mol. The maximum atomic E-state index is 11.7. The van der Waals surface area contributed by atoms with Gasteiger partial charge in [-0.15, -0.1) is 0 Å². The summed E-state index contributed by atoms with van der Waals surface area (Å²) in [6.07, 6.45) is 2.94. The molecule has 0 fully saturated rings. The molecular weight excluding hydrogens is 199 g/mol. The first-order chi connectivity index (χ1) is 7.41. The van der Waals surface area contributed by atoms with E-state index in [0.717, 1.165) is 19.3 Å². The molecule has 0 saturated carbocycles. The number of hydrogen-bond acceptors (Lipinski definition) is 2. The highest BCUT2D eigenvalue weighted by Crippen LogP contribution is 2.27. The molecule has 2 nitrogen and oxygen atoms in total. The number of hydrogen-bond donors (Lipinski definition) is 0. The van der Waals surface area contributed by atoms with E-state index in [0.29, 0.717) is 5.92 Å². The quantitative estimate of drug-likeness (QED) is 0.594. The molecule has 16 heavy (non-hydrogen) atoms. The van der Waals surface area contributed by atoms with Gasteiger partial charge in [-0.05, 0) is 25.7 Å². The first-order valence-corrected chi connectivity index (χ1v) is 6.57. The highest BCUT2D eigenvalue weighted by atomic mass is 16.5. The zero-order chi connectivity index (χ0) is 12.8. The lowest BCUT2D eigenvalue weighted by molar-refractivity contribution is -0.117. The maximum Gasteiger partial charge on any atom is 0.351 e. The van der Waals surface area contributed by atoms with Crippen molar-refractivity contribution in [3.05, 3.63) is 0 Å². The Hall–Kier alpha value is -0.305. The average Bonchev–Trinajstić information content (AvgIpc) is 2.33. The molecule has 3 heteroatoms. The third kappa shape index (κ3) is 4.29. The molecule has 0 aromatic heterocycles. The number of rotatable bonds is 8. The molecular formula is C13H27BO2. The monoisotopic (exact) mass is 226 g/mol. The van der Waals surface area contributed by atoms with E-state index in [-0.39, 0.29) is 24.7 Å². The van der Waals surface area contributed by atoms with Crippen molar-refractivity contribution in [1.29, 1.82) is 0 Å². The Kier molecular flexibility index (Phi) is 6.97. The Labute approximate surface area is 101 Å². The van der Waals surface area contributed by atoms with Crippen LogP contribution in [0.15, 0.2) is 0 Å². The first kappa shape index (κ1) is 15.7. The second-order valence-corrected chi connectivity index (χ2v) is 5.04. The Balaban J connectivity index is 4.29. The molecule has 0 bridgehead atoms. The Bertz CT molecular complexity index is 218. The van der Waals surface area contributed by atoms with Crippen LogP contribution in [0.25, 0.3) is 0 Å². The molecule has 0 heterocycles. The van der Waals surface area contributed by atoms with Crippen LogP contribution in [-0.2, 0) is 9.45 Å². The van der Waals surface area contributed by atoms with Gasteiger partial charge in [0.15, 0.2) is 0 Å². The number of carbonyl (C=O) groups excluding carboxylic acids is 1. The topological polar surface area (TPSA) is 26.3 Å². The predicted octanol–water partition coefficient (Wildman–Crippen LogP) is 3.14. The van der Waals surface area contributed by atoms with E-state index in [1.54, 1.807) is 0 Å². The van der Waals surface area contributed by atoms with Crippen LogP contribution in [-0.4, -0.2) is 18.8 Å². The molecule has 0 rings (SSSR count). The maximum absolute atomic E-state index is 11.7. The SMILES string of the molecule is CCC(C)C(=O)BOC(C)(CC)C(C)CC. The van der Waals surface area contributed by atoms with Crippen LogP contribution in [0.5, 0.6) is 0 Å². The third-order valence-electron chi connectivity index (χ3n) is 4.06. The van der Waals surface area contributed by atoms with Crippen molar-refractivity contribution >= 4 is 13.2 Å². The van der Waals surface area contributed by atoms with Crippen molar-refractivity contribution in [2.45, 2.75) is 66.4 Å². The van der Waals surface area contributed by atoms with Gasteiger partial charge >= 0.3 is 7.48 Å². The van der Waals surface area contributed by atoms with Crippen molar-refractivity contribution < 1.29 is 9.45 Å². The summed E-state index contributed by atoms with van der Waals surface area (Å²) in [5.41, 5.74) is 0.0724. The molecule has 3 unspecified atom stereocenters. The zero-order valence-corrected chi connectivity index (χ0v) is 11.8. The molecule has 0 aliphatic rings. The minimum Gasteiger partial charge on any atom is -0.426 e. The van der Waals surface area contributed by atoms with Gasteiger partial charge in [0.1, 0.15) is 5.68 Å². The van der Waals surface area contributed by atoms with E-state index in [1.165, 1.54) is 0 Å². The summed E-state index contributed by atoms with van der Waals surface area (Å²) in [5.74, 6) is 0.611. The van der Waals surface area contributed by atoms with Gasteiger partial charge in [0, 0.05) is 5.92 Å². The smallest absolute Gasteiger partial charge is 0.351 e. The number of carbonyl (C=O) groups is 1. The molecule has 0 saturated heterocycles. The van der Waals surface area contributed by atoms with Crippen LogP contribution in [0.2, 0.25) is 0 Å². The summed E-state index contributed by atoms with van der Waals surface area (Å²) in [6, 6.07) is 0. The largest absolute Gasteiger partial charge is 0.426 e. The van der Waals surface area contributed by atoms with E-state index in [4.69, 9.17) is 4.65 Å². The fourth-order valence-corrected chi connectivity index (χ4v) is 1.63. The van der Waals surface area contributed by atoms with Gasteiger partial charge < -0.3 is 9.45 Å². The minimum atomic E-state index is -0.155. The summed E-state index contributed by atoms with van der Waals surface area (Å²) in [7, 11) is 0.268. The van der Waals surface area contributed by atoms with Crippen molar-refractivity contribution in [3.63, 3.8) is 0 Å². The van der Waals surface area contributed by atoms with E-state index in [2.05, 4.69) is 27.7 Å². The highest BCUT2D eigenvalue weighted by molar-refractivity contribution is 6.69. The van der Waals surface area contributed by atoms with Gasteiger partial charge in [0.05, 0.1) is 5.60 Å². The van der Waals surface area contributed by atoms with Gasteiger partial charge in [-0.2, -0.15) is 0 Å². The molecule has 0 aromatic rings. The van der Waals surface area contributed by atoms with Crippen LogP contribution in [0.4, 0.5) is 0 Å². The molecule has 0 aromatic carbocycles. The van der Waals surface area contributed by atoms with Gasteiger partial charge in [0.25, 0.3) is 0 Å². The van der Waals surface area contributed by atoms with Crippen LogP contribution < -0.4 is 0 Å². The summed E-state index contributed by atoms with van der Waals surface area (Å²) < 4.78 is 5.87. The van der Waals surface area contributed by atoms with Gasteiger partial charge in [0.2, 0.25) is 0 Å². The lowest BCUT2D eigenvalue weighted by Crippen LogP contribution is -2.39. The summed E-state index contributed by atoms with van der Waals surface area (Å²) >= 11 is 0. The molecule has 0 spiro atoms.